The first-order valence-electron chi connectivity index (χ1n) is 26.9. The van der Waals surface area contributed by atoms with Crippen molar-refractivity contribution in [3.8, 4) is 4.90 Å². The fourth-order valence-electron chi connectivity index (χ4n) is 9.21. The summed E-state index contributed by atoms with van der Waals surface area (Å²) >= 11 is 5.05. The Labute approximate surface area is 554 Å². The van der Waals surface area contributed by atoms with Crippen molar-refractivity contribution in [3.05, 3.63) is 206 Å². The summed E-state index contributed by atoms with van der Waals surface area (Å²) in [7, 11) is -13.7. The fourth-order valence-corrected chi connectivity index (χ4v) is 14.8. The Morgan fingerprint density at radius 2 is 0.920 bits per heavy atom. The van der Waals surface area contributed by atoms with Crippen LogP contribution in [0.2, 0.25) is 0 Å². The highest BCUT2D eigenvalue weighted by Crippen LogP contribution is 2.64. The number of hydrogen-bond acceptors (Lipinski definition) is 14. The van der Waals surface area contributed by atoms with Gasteiger partial charge in [0.2, 0.25) is 0 Å². The van der Waals surface area contributed by atoms with Gasteiger partial charge in [0.15, 0.2) is 41.3 Å². The quantitative estimate of drug-likeness (QED) is 0.0219. The molecule has 0 N–H and O–H groups in total. The van der Waals surface area contributed by atoms with E-state index in [1.165, 1.54) is 53.1 Å². The van der Waals surface area contributed by atoms with Crippen LogP contribution >= 0.6 is 22.5 Å². The molecule has 1 aromatic heterocycles. The fraction of sp³-hybridized carbons (Fsp3) is 0.328. The first kappa shape index (κ1) is 78.2. The molecular formula is C64H75F3I2O13S6. The second kappa shape index (κ2) is 34.6. The Balaban J connectivity index is 0.000000272. The van der Waals surface area contributed by atoms with Gasteiger partial charge in [-0.2, -0.15) is 17.5 Å². The highest BCUT2D eigenvalue weighted by Gasteiger charge is 2.64. The number of benzene rings is 7. The molecule has 0 radical (unpaired) electrons. The van der Waals surface area contributed by atoms with Gasteiger partial charge in [0.1, 0.15) is 12.0 Å². The summed E-state index contributed by atoms with van der Waals surface area (Å²) in [6, 6.07) is 67.2. The molecule has 0 aliphatic heterocycles. The van der Waals surface area contributed by atoms with E-state index in [-0.39, 0.29) is 43.0 Å². The molecule has 0 saturated heterocycles. The molecule has 88 heavy (non-hydrogen) atoms. The zero-order valence-corrected chi connectivity index (χ0v) is 60.1. The molecule has 2 aliphatic rings. The third kappa shape index (κ3) is 25.9. The lowest BCUT2D eigenvalue weighted by Crippen LogP contribution is -3.34. The van der Waals surface area contributed by atoms with Crippen LogP contribution in [0.25, 0.3) is 25.1 Å². The van der Waals surface area contributed by atoms with Crippen LogP contribution in [0.4, 0.5) is 13.2 Å². The molecule has 1 heterocycles. The molecule has 2 saturated carbocycles. The molecule has 13 nitrogen and oxygen atoms in total. The molecule has 0 amide bonds. The van der Waals surface area contributed by atoms with Gasteiger partial charge in [-0.25, -0.2) is 25.3 Å². The summed E-state index contributed by atoms with van der Waals surface area (Å²) in [5.74, 6) is 1.35. The Morgan fingerprint density at radius 3 is 1.22 bits per heavy atom. The van der Waals surface area contributed by atoms with E-state index in [1.807, 2.05) is 45.2 Å². The van der Waals surface area contributed by atoms with Crippen molar-refractivity contribution in [1.82, 2.24) is 0 Å². The van der Waals surface area contributed by atoms with Crippen molar-refractivity contribution >= 4 is 89.7 Å². The van der Waals surface area contributed by atoms with E-state index < -0.39 is 35.9 Å². The molecule has 480 valence electrons. The van der Waals surface area contributed by atoms with E-state index in [0.717, 1.165) is 24.9 Å². The maximum absolute atomic E-state index is 12.0. The normalized spacial score (nSPS) is 16.0. The maximum Gasteiger partial charge on any atom is 0.485 e. The summed E-state index contributed by atoms with van der Waals surface area (Å²) in [4.78, 5) is 16.2. The van der Waals surface area contributed by atoms with Crippen molar-refractivity contribution in [2.24, 2.45) is 16.7 Å². The predicted molar refractivity (Wildman–Crippen MR) is 339 cm³/mol. The monoisotopic (exact) mass is 1550 g/mol. The largest absolute Gasteiger partial charge is 0.748 e. The summed E-state index contributed by atoms with van der Waals surface area (Å²) < 4.78 is 123. The number of fused-ring (bicyclic) bond motifs is 5. The number of hydrogen-bond donors (Lipinski definition) is 0. The van der Waals surface area contributed by atoms with Crippen molar-refractivity contribution in [3.63, 3.8) is 0 Å². The standard InChI is InChI=1S/C18H13S.C13H13S.2C10H14I.C10H16O4S.CHF3O3S.2CH4O3S/c1-2-8-14(9-3-1)19-17-12-6-4-10-15(17)16-11-5-7-13-18(16)19;1-14(12-8-4-2-5-9-12)13-10-6-3-7-11-13;2*1-10(2,3)8-4-6-9(11)7-5-8;1-9(2)7-3-4-10(9,8(11)5-7)6-15-14-13-12;2-1(3,4)8(5,6)7;2*1-5(2,3)4/h1-13H;2-11H,1H3;2*4-7,11H,1-3H3;7,12H,3-6H2,1-2H3;(H,5,6,7);2*1H3,(H,2,3,4)/q4*+1;;;;/p-4. The maximum atomic E-state index is 12.0. The van der Waals surface area contributed by atoms with Gasteiger partial charge in [-0.3, -0.25) is 9.83 Å². The third-order valence-corrected chi connectivity index (χ3v) is 21.1. The summed E-state index contributed by atoms with van der Waals surface area (Å²) in [5.41, 5.74) is -2.53. The van der Waals surface area contributed by atoms with Crippen molar-refractivity contribution < 1.29 is 117 Å². The predicted octanol–water partition coefficient (Wildman–Crippen LogP) is 7.59. The van der Waals surface area contributed by atoms with E-state index in [4.69, 9.17) is 38.9 Å². The second-order valence-corrected chi connectivity index (χ2v) is 34.1. The Morgan fingerprint density at radius 1 is 0.591 bits per heavy atom. The van der Waals surface area contributed by atoms with Crippen LogP contribution in [0.3, 0.4) is 0 Å². The second-order valence-electron chi connectivity index (χ2n) is 22.7. The lowest BCUT2D eigenvalue weighted by Gasteiger charge is -2.35. The Hall–Kier alpha value is -4.01. The third-order valence-electron chi connectivity index (χ3n) is 13.9. The molecule has 24 heteroatoms. The van der Waals surface area contributed by atoms with Gasteiger partial charge in [-0.15, -0.1) is 0 Å². The topological polar surface area (TPSA) is 230 Å². The van der Waals surface area contributed by atoms with Gasteiger partial charge >= 0.3 is 5.51 Å². The van der Waals surface area contributed by atoms with Crippen molar-refractivity contribution in [2.75, 3.05) is 24.5 Å². The molecule has 2 bridgehead atoms. The molecule has 7 aromatic carbocycles. The zero-order valence-electron chi connectivity index (χ0n) is 50.5. The van der Waals surface area contributed by atoms with Gasteiger partial charge in [-0.1, -0.05) is 159 Å². The number of thiophene rings is 1. The number of alkyl halides is 3. The average Bonchev–Trinajstić information content (AvgIpc) is 1.85. The summed E-state index contributed by atoms with van der Waals surface area (Å²) in [6.45, 7) is 17.7. The molecule has 0 spiro atoms. The number of carbonyl (C=O) groups is 1. The molecular weight excluding hydrogens is 1480 g/mol. The summed E-state index contributed by atoms with van der Waals surface area (Å²) in [6.07, 6.45) is 6.19. The van der Waals surface area contributed by atoms with Crippen LogP contribution in [-0.4, -0.2) is 74.7 Å². The number of rotatable bonds is 7. The van der Waals surface area contributed by atoms with Gasteiger partial charge in [-0.05, 0) is 131 Å². The first-order valence-corrected chi connectivity index (χ1v) is 38.0. The number of halogens is 5. The minimum absolute atomic E-state index is 0.0311. The number of Topliss-reactive ketones (excluding diaryl/α,β-unsaturated/α-hetero) is 1. The number of carbonyl (C=O) groups excluding carboxylic acids is 1. The SMILES string of the molecule is CC(C)(C)c1ccc([IH+])cc1.CC(C)(C)c1ccc([IH+])cc1.CC1(C)C2CCC1(CSOO[O-])C(=O)C2.CS(=O)(=O)[O-].CS(=O)(=O)[O-].C[S+](c1ccccc1)c1ccccc1.O=S(=O)([O-])C(F)(F)F.c1ccc(-[s+]2c3ccccc3c3ccccc32)cc1. The molecule has 10 rings (SSSR count). The van der Waals surface area contributed by atoms with Crippen LogP contribution in [0.5, 0.6) is 0 Å². The smallest absolute Gasteiger partial charge is 0.485 e. The van der Waals surface area contributed by atoms with Crippen LogP contribution < -0.4 is 50.4 Å². The molecule has 2 unspecified atom stereocenters. The first-order chi connectivity index (χ1) is 40.6. The van der Waals surface area contributed by atoms with Gasteiger partial charge in [0.05, 0.1) is 31.1 Å². The van der Waals surface area contributed by atoms with Crippen molar-refractivity contribution in [1.29, 1.82) is 0 Å². The number of ketones is 1. The van der Waals surface area contributed by atoms with E-state index in [0.29, 0.717) is 36.4 Å². The average molecular weight is 1560 g/mol. The zero-order chi connectivity index (χ0) is 66.5. The summed E-state index contributed by atoms with van der Waals surface area (Å²) in [5, 5.41) is 15.8. The minimum atomic E-state index is -6.09. The Bertz CT molecular complexity index is 3580. The van der Waals surface area contributed by atoms with E-state index in [9.17, 15) is 23.2 Å². The highest BCUT2D eigenvalue weighted by molar-refractivity contribution is 7.96. The van der Waals surface area contributed by atoms with Crippen LogP contribution in [0.1, 0.15) is 85.8 Å². The lowest BCUT2D eigenvalue weighted by atomic mass is 9.70. The van der Waals surface area contributed by atoms with Crippen LogP contribution in [0.15, 0.2) is 198 Å². The van der Waals surface area contributed by atoms with Crippen LogP contribution in [0, 0.1) is 23.9 Å². The van der Waals surface area contributed by atoms with E-state index >= 15 is 0 Å². The van der Waals surface area contributed by atoms with Gasteiger partial charge in [0, 0.05) is 63.4 Å². The van der Waals surface area contributed by atoms with E-state index in [1.54, 1.807) is 0 Å². The molecule has 2 fully saturated rings. The highest BCUT2D eigenvalue weighted by atomic mass is 127. The lowest BCUT2D eigenvalue weighted by molar-refractivity contribution is -0.777. The Kier molecular flexibility index (Phi) is 30.8. The van der Waals surface area contributed by atoms with Crippen LogP contribution in [-0.2, 0) is 66.2 Å². The molecule has 2 aliphatic carbocycles. The minimum Gasteiger partial charge on any atom is -0.748 e. The molecule has 8 aromatic rings. The van der Waals surface area contributed by atoms with Gasteiger partial charge < -0.3 is 18.9 Å². The van der Waals surface area contributed by atoms with Gasteiger partial charge in [0.25, 0.3) is 45.2 Å². The van der Waals surface area contributed by atoms with Crippen molar-refractivity contribution in [2.45, 2.75) is 101 Å². The molecule has 2 atom stereocenters. The van der Waals surface area contributed by atoms with E-state index in [2.05, 4.69) is 259 Å².